The molecule has 0 aliphatic rings. The number of aryl methyl sites for hydroxylation is 1. The van der Waals surface area contributed by atoms with E-state index in [1.54, 1.807) is 16.7 Å². The fourth-order valence-corrected chi connectivity index (χ4v) is 2.57. The monoisotopic (exact) mass is 393 g/mol. The van der Waals surface area contributed by atoms with E-state index in [1.165, 1.54) is 12.1 Å². The summed E-state index contributed by atoms with van der Waals surface area (Å²) in [5.41, 5.74) is 0.896. The third kappa shape index (κ3) is 4.61. The van der Waals surface area contributed by atoms with Gasteiger partial charge >= 0.3 is 6.18 Å². The van der Waals surface area contributed by atoms with Crippen molar-refractivity contribution in [2.75, 3.05) is 13.2 Å². The summed E-state index contributed by atoms with van der Waals surface area (Å²) in [4.78, 5) is 16.4. The number of rotatable bonds is 6. The number of carbonyl (C=O) groups excluding carboxylic acids is 1. The van der Waals surface area contributed by atoms with Crippen LogP contribution in [-0.4, -0.2) is 39.7 Å². The Bertz CT molecular complexity index is 985. The first-order valence-corrected chi connectivity index (χ1v) is 8.45. The van der Waals surface area contributed by atoms with Crippen molar-refractivity contribution in [3.05, 3.63) is 65.6 Å². The molecule has 0 bridgehead atoms. The minimum Gasteiger partial charge on any atom is -0.491 e. The zero-order chi connectivity index (χ0) is 20.3. The first kappa shape index (κ1) is 19.7. The minimum absolute atomic E-state index is 0.0176. The topological polar surface area (TPSA) is 75.9 Å². The second-order valence-corrected chi connectivity index (χ2v) is 6.22. The number of hydrogen-bond donors (Lipinski definition) is 2. The molecule has 1 amide bonds. The van der Waals surface area contributed by atoms with E-state index in [0.29, 0.717) is 5.65 Å². The number of nitrogens with one attached hydrogen (secondary N) is 1. The summed E-state index contributed by atoms with van der Waals surface area (Å²) in [6, 6.07) is 9.84. The number of aliphatic hydroxyl groups excluding tert-OH is 1. The van der Waals surface area contributed by atoms with Crippen LogP contribution in [0.4, 0.5) is 13.2 Å². The van der Waals surface area contributed by atoms with Gasteiger partial charge < -0.3 is 19.6 Å². The van der Waals surface area contributed by atoms with Gasteiger partial charge in [-0.15, -0.1) is 0 Å². The normalized spacial score (nSPS) is 12.8. The number of aliphatic hydroxyl groups is 1. The third-order valence-corrected chi connectivity index (χ3v) is 4.03. The van der Waals surface area contributed by atoms with E-state index in [1.807, 2.05) is 19.1 Å². The van der Waals surface area contributed by atoms with E-state index in [2.05, 4.69) is 10.3 Å². The molecule has 0 aliphatic heterocycles. The Morgan fingerprint density at radius 3 is 2.75 bits per heavy atom. The Morgan fingerprint density at radius 1 is 1.29 bits per heavy atom. The largest absolute Gasteiger partial charge is 0.491 e. The molecule has 28 heavy (non-hydrogen) atoms. The predicted octanol–water partition coefficient (Wildman–Crippen LogP) is 2.83. The fraction of sp³-hybridized carbons (Fsp3) is 0.263. The summed E-state index contributed by atoms with van der Waals surface area (Å²) in [5.74, 6) is -0.489. The average molecular weight is 393 g/mol. The first-order valence-electron chi connectivity index (χ1n) is 8.45. The Kier molecular flexibility index (Phi) is 5.55. The van der Waals surface area contributed by atoms with Crippen LogP contribution in [0.5, 0.6) is 5.75 Å². The van der Waals surface area contributed by atoms with Gasteiger partial charge in [-0.25, -0.2) is 4.98 Å². The molecule has 3 rings (SSSR count). The molecule has 6 nitrogen and oxygen atoms in total. The van der Waals surface area contributed by atoms with Crippen molar-refractivity contribution in [1.82, 2.24) is 14.7 Å². The lowest BCUT2D eigenvalue weighted by Crippen LogP contribution is -2.35. The lowest BCUT2D eigenvalue weighted by molar-refractivity contribution is -0.137. The van der Waals surface area contributed by atoms with E-state index >= 15 is 0 Å². The van der Waals surface area contributed by atoms with Crippen LogP contribution in [0.3, 0.4) is 0 Å². The number of halogens is 3. The van der Waals surface area contributed by atoms with Gasteiger partial charge in [0, 0.05) is 18.4 Å². The SMILES string of the molecule is Cc1cccc2nc(C(=O)NCC(O)COc3cccc(C(F)(F)F)c3)cn12. The summed E-state index contributed by atoms with van der Waals surface area (Å²) in [6.45, 7) is 1.47. The number of aromatic nitrogens is 2. The van der Waals surface area contributed by atoms with Gasteiger partial charge in [0.1, 0.15) is 29.8 Å². The average Bonchev–Trinajstić information content (AvgIpc) is 3.10. The van der Waals surface area contributed by atoms with Crippen LogP contribution >= 0.6 is 0 Å². The number of pyridine rings is 1. The van der Waals surface area contributed by atoms with Crippen molar-refractivity contribution in [1.29, 1.82) is 0 Å². The highest BCUT2D eigenvalue weighted by molar-refractivity contribution is 5.92. The van der Waals surface area contributed by atoms with E-state index in [4.69, 9.17) is 4.74 Å². The number of fused-ring (bicyclic) bond motifs is 1. The maximum absolute atomic E-state index is 12.7. The summed E-state index contributed by atoms with van der Waals surface area (Å²) < 4.78 is 45.0. The smallest absolute Gasteiger partial charge is 0.416 e. The maximum atomic E-state index is 12.7. The lowest BCUT2D eigenvalue weighted by Gasteiger charge is -2.14. The zero-order valence-corrected chi connectivity index (χ0v) is 14.9. The molecule has 1 unspecified atom stereocenters. The van der Waals surface area contributed by atoms with E-state index < -0.39 is 23.8 Å². The number of benzene rings is 1. The molecule has 0 saturated heterocycles. The Morgan fingerprint density at radius 2 is 2.04 bits per heavy atom. The lowest BCUT2D eigenvalue weighted by atomic mass is 10.2. The van der Waals surface area contributed by atoms with Gasteiger partial charge in [-0.2, -0.15) is 13.2 Å². The number of ether oxygens (including phenoxy) is 1. The van der Waals surface area contributed by atoms with E-state index in [9.17, 15) is 23.1 Å². The molecule has 3 aromatic rings. The highest BCUT2D eigenvalue weighted by Gasteiger charge is 2.30. The minimum atomic E-state index is -4.47. The van der Waals surface area contributed by atoms with Gasteiger partial charge in [-0.1, -0.05) is 12.1 Å². The summed E-state index contributed by atoms with van der Waals surface area (Å²) in [7, 11) is 0. The van der Waals surface area contributed by atoms with Gasteiger partial charge in [0.25, 0.3) is 5.91 Å². The molecule has 0 fully saturated rings. The van der Waals surface area contributed by atoms with Gasteiger partial charge in [0.05, 0.1) is 5.56 Å². The molecule has 1 atom stereocenters. The van der Waals surface area contributed by atoms with Crippen LogP contribution in [-0.2, 0) is 6.18 Å². The van der Waals surface area contributed by atoms with Crippen LogP contribution in [0, 0.1) is 6.92 Å². The van der Waals surface area contributed by atoms with Crippen molar-refractivity contribution in [3.8, 4) is 5.75 Å². The molecule has 9 heteroatoms. The van der Waals surface area contributed by atoms with Gasteiger partial charge in [-0.05, 0) is 37.3 Å². The number of alkyl halides is 3. The zero-order valence-electron chi connectivity index (χ0n) is 14.9. The van der Waals surface area contributed by atoms with Crippen LogP contribution < -0.4 is 10.1 Å². The molecule has 0 aliphatic carbocycles. The van der Waals surface area contributed by atoms with Crippen LogP contribution in [0.25, 0.3) is 5.65 Å². The molecule has 2 aromatic heterocycles. The molecule has 1 aromatic carbocycles. The number of hydrogen-bond acceptors (Lipinski definition) is 4. The molecule has 148 valence electrons. The molecular weight excluding hydrogens is 375 g/mol. The van der Waals surface area contributed by atoms with Crippen molar-refractivity contribution in [3.63, 3.8) is 0 Å². The van der Waals surface area contributed by atoms with Gasteiger partial charge in [-0.3, -0.25) is 4.79 Å². The third-order valence-electron chi connectivity index (χ3n) is 4.03. The number of nitrogens with zero attached hydrogens (tertiary/aromatic N) is 2. The van der Waals surface area contributed by atoms with Gasteiger partial charge in [0.15, 0.2) is 0 Å². The van der Waals surface area contributed by atoms with E-state index in [0.717, 1.165) is 17.8 Å². The van der Waals surface area contributed by atoms with E-state index in [-0.39, 0.29) is 24.6 Å². The van der Waals surface area contributed by atoms with Crippen molar-refractivity contribution >= 4 is 11.6 Å². The van der Waals surface area contributed by atoms with Crippen LogP contribution in [0.15, 0.2) is 48.7 Å². The summed E-state index contributed by atoms with van der Waals surface area (Å²) >= 11 is 0. The fourth-order valence-electron chi connectivity index (χ4n) is 2.57. The Labute approximate surface area is 158 Å². The van der Waals surface area contributed by atoms with Crippen LogP contribution in [0.2, 0.25) is 0 Å². The first-order chi connectivity index (χ1) is 13.2. The van der Waals surface area contributed by atoms with Crippen molar-refractivity contribution < 1.29 is 27.8 Å². The standard InChI is InChI=1S/C19H18F3N3O3/c1-12-4-2-7-17-24-16(10-25(12)17)18(27)23-9-14(26)11-28-15-6-3-5-13(8-15)19(20,21)22/h2-8,10,14,26H,9,11H2,1H3,(H,23,27). The molecule has 0 spiro atoms. The summed E-state index contributed by atoms with van der Waals surface area (Å²) in [6.07, 6.45) is -3.98. The number of carbonyl (C=O) groups is 1. The Balaban J connectivity index is 1.53. The molecule has 0 saturated carbocycles. The van der Waals surface area contributed by atoms with Crippen molar-refractivity contribution in [2.45, 2.75) is 19.2 Å². The molecule has 2 heterocycles. The van der Waals surface area contributed by atoms with Crippen LogP contribution in [0.1, 0.15) is 21.7 Å². The summed E-state index contributed by atoms with van der Waals surface area (Å²) in [5, 5.41) is 12.5. The number of amides is 1. The maximum Gasteiger partial charge on any atom is 0.416 e. The second-order valence-electron chi connectivity index (χ2n) is 6.22. The second kappa shape index (κ2) is 7.89. The predicted molar refractivity (Wildman–Crippen MR) is 95.2 cm³/mol. The Hall–Kier alpha value is -3.07. The molecule has 0 radical (unpaired) electrons. The molecular formula is C19H18F3N3O3. The quantitative estimate of drug-likeness (QED) is 0.675. The number of imidazole rings is 1. The highest BCUT2D eigenvalue weighted by Crippen LogP contribution is 2.31. The molecule has 2 N–H and O–H groups in total. The highest BCUT2D eigenvalue weighted by atomic mass is 19.4. The van der Waals surface area contributed by atoms with Crippen molar-refractivity contribution in [2.24, 2.45) is 0 Å². The van der Waals surface area contributed by atoms with Gasteiger partial charge in [0.2, 0.25) is 0 Å².